The van der Waals surface area contributed by atoms with Gasteiger partial charge in [0.25, 0.3) is 0 Å². The van der Waals surface area contributed by atoms with Gasteiger partial charge >= 0.3 is 0 Å². The van der Waals surface area contributed by atoms with Crippen LogP contribution >= 0.6 is 0 Å². The van der Waals surface area contributed by atoms with E-state index in [0.717, 1.165) is 6.42 Å². The number of ketones is 1. The molecule has 0 aliphatic heterocycles. The molecule has 14 heavy (non-hydrogen) atoms. The van der Waals surface area contributed by atoms with Gasteiger partial charge in [-0.05, 0) is 6.42 Å². The third kappa shape index (κ3) is 9.19. The summed E-state index contributed by atoms with van der Waals surface area (Å²) >= 11 is 0. The standard InChI is InChI=1S/C10H19NO3/c1-3-10(13)5-4-7-14-8-6-11-9(2)12/h3-8H2,1-2H3,(H,11,12). The van der Waals surface area contributed by atoms with Crippen molar-refractivity contribution < 1.29 is 14.3 Å². The van der Waals surface area contributed by atoms with Crippen LogP contribution in [0.1, 0.15) is 33.1 Å². The molecule has 0 saturated heterocycles. The number of hydrogen-bond acceptors (Lipinski definition) is 3. The highest BCUT2D eigenvalue weighted by Gasteiger charge is 1.97. The summed E-state index contributed by atoms with van der Waals surface area (Å²) in [5.74, 6) is 0.227. The summed E-state index contributed by atoms with van der Waals surface area (Å²) in [6.45, 7) is 4.97. The van der Waals surface area contributed by atoms with E-state index in [1.807, 2.05) is 6.92 Å². The van der Waals surface area contributed by atoms with E-state index in [2.05, 4.69) is 5.32 Å². The average Bonchev–Trinajstić information content (AvgIpc) is 2.15. The number of ether oxygens (including phenoxy) is 1. The first-order valence-electron chi connectivity index (χ1n) is 5.00. The Bertz CT molecular complexity index is 180. The van der Waals surface area contributed by atoms with E-state index in [4.69, 9.17) is 4.74 Å². The van der Waals surface area contributed by atoms with Crippen LogP contribution in [-0.4, -0.2) is 31.4 Å². The number of nitrogens with one attached hydrogen (secondary N) is 1. The Kier molecular flexibility index (Phi) is 8.13. The van der Waals surface area contributed by atoms with Gasteiger partial charge in [-0.1, -0.05) is 6.92 Å². The lowest BCUT2D eigenvalue weighted by molar-refractivity contribution is -0.119. The Hall–Kier alpha value is -0.900. The van der Waals surface area contributed by atoms with Crippen molar-refractivity contribution in [3.05, 3.63) is 0 Å². The van der Waals surface area contributed by atoms with Crippen molar-refractivity contribution in [2.75, 3.05) is 19.8 Å². The van der Waals surface area contributed by atoms with E-state index >= 15 is 0 Å². The van der Waals surface area contributed by atoms with E-state index in [1.54, 1.807) is 0 Å². The van der Waals surface area contributed by atoms with Gasteiger partial charge in [0.15, 0.2) is 0 Å². The first kappa shape index (κ1) is 13.1. The van der Waals surface area contributed by atoms with Crippen molar-refractivity contribution in [2.24, 2.45) is 0 Å². The minimum Gasteiger partial charge on any atom is -0.380 e. The van der Waals surface area contributed by atoms with Gasteiger partial charge in [0.05, 0.1) is 6.61 Å². The molecule has 0 spiro atoms. The molecule has 0 aromatic carbocycles. The molecule has 0 saturated carbocycles. The quantitative estimate of drug-likeness (QED) is 0.593. The third-order valence-corrected chi connectivity index (χ3v) is 1.76. The van der Waals surface area contributed by atoms with Crippen molar-refractivity contribution in [3.8, 4) is 0 Å². The van der Waals surface area contributed by atoms with Crippen LogP contribution < -0.4 is 5.32 Å². The van der Waals surface area contributed by atoms with Crippen molar-refractivity contribution in [1.29, 1.82) is 0 Å². The molecule has 1 amide bonds. The van der Waals surface area contributed by atoms with Crippen molar-refractivity contribution in [2.45, 2.75) is 33.1 Å². The van der Waals surface area contributed by atoms with Crippen LogP contribution in [0.15, 0.2) is 0 Å². The molecule has 0 bridgehead atoms. The molecular weight excluding hydrogens is 182 g/mol. The van der Waals surface area contributed by atoms with Gasteiger partial charge in [-0.15, -0.1) is 0 Å². The second kappa shape index (κ2) is 8.69. The molecule has 0 atom stereocenters. The molecule has 0 radical (unpaired) electrons. The predicted molar refractivity (Wildman–Crippen MR) is 54.0 cm³/mol. The summed E-state index contributed by atoms with van der Waals surface area (Å²) < 4.78 is 5.21. The largest absolute Gasteiger partial charge is 0.380 e. The topological polar surface area (TPSA) is 55.4 Å². The number of carbonyl (C=O) groups excluding carboxylic acids is 2. The maximum absolute atomic E-state index is 10.9. The van der Waals surface area contributed by atoms with Crippen LogP contribution in [0, 0.1) is 0 Å². The van der Waals surface area contributed by atoms with E-state index in [1.165, 1.54) is 6.92 Å². The van der Waals surface area contributed by atoms with Gasteiger partial charge in [0.1, 0.15) is 5.78 Å². The normalized spacial score (nSPS) is 9.86. The van der Waals surface area contributed by atoms with Crippen LogP contribution in [0.3, 0.4) is 0 Å². The monoisotopic (exact) mass is 201 g/mol. The predicted octanol–water partition coefficient (Wildman–Crippen LogP) is 0.898. The number of Topliss-reactive ketones (excluding diaryl/α,β-unsaturated/α-hetero) is 1. The maximum Gasteiger partial charge on any atom is 0.216 e. The lowest BCUT2D eigenvalue weighted by atomic mass is 10.2. The minimum absolute atomic E-state index is 0.0465. The first-order chi connectivity index (χ1) is 6.66. The molecule has 0 fully saturated rings. The highest BCUT2D eigenvalue weighted by Crippen LogP contribution is 1.94. The van der Waals surface area contributed by atoms with Gasteiger partial charge in [-0.3, -0.25) is 9.59 Å². The fourth-order valence-electron chi connectivity index (χ4n) is 0.949. The molecule has 4 nitrogen and oxygen atoms in total. The van der Waals surface area contributed by atoms with Crippen molar-refractivity contribution in [1.82, 2.24) is 5.32 Å². The van der Waals surface area contributed by atoms with E-state index in [0.29, 0.717) is 32.6 Å². The zero-order valence-electron chi connectivity index (χ0n) is 8.97. The van der Waals surface area contributed by atoms with Crippen molar-refractivity contribution in [3.63, 3.8) is 0 Å². The summed E-state index contributed by atoms with van der Waals surface area (Å²) in [7, 11) is 0. The average molecular weight is 201 g/mol. The molecule has 1 N–H and O–H groups in total. The highest BCUT2D eigenvalue weighted by atomic mass is 16.5. The highest BCUT2D eigenvalue weighted by molar-refractivity contribution is 5.77. The van der Waals surface area contributed by atoms with Gasteiger partial charge in [0.2, 0.25) is 5.91 Å². The number of rotatable bonds is 8. The number of amides is 1. The van der Waals surface area contributed by atoms with Gasteiger partial charge < -0.3 is 10.1 Å². The number of carbonyl (C=O) groups is 2. The zero-order chi connectivity index (χ0) is 10.8. The summed E-state index contributed by atoms with van der Waals surface area (Å²) in [6.07, 6.45) is 1.97. The Morgan fingerprint density at radius 3 is 2.57 bits per heavy atom. The molecule has 0 aromatic heterocycles. The van der Waals surface area contributed by atoms with Gasteiger partial charge in [0, 0.05) is 32.9 Å². The minimum atomic E-state index is -0.0465. The third-order valence-electron chi connectivity index (χ3n) is 1.76. The smallest absolute Gasteiger partial charge is 0.216 e. The Morgan fingerprint density at radius 1 is 1.29 bits per heavy atom. The van der Waals surface area contributed by atoms with Crippen LogP contribution in [0.5, 0.6) is 0 Å². The molecule has 0 aliphatic carbocycles. The molecule has 0 rings (SSSR count). The first-order valence-corrected chi connectivity index (χ1v) is 5.00. The Morgan fingerprint density at radius 2 is 2.00 bits per heavy atom. The molecule has 0 heterocycles. The summed E-state index contributed by atoms with van der Waals surface area (Å²) in [5, 5.41) is 2.63. The Balaban J connectivity index is 3.06. The molecule has 82 valence electrons. The molecule has 0 unspecified atom stereocenters. The molecular formula is C10H19NO3. The molecule has 0 aliphatic rings. The van der Waals surface area contributed by atoms with Gasteiger partial charge in [-0.25, -0.2) is 0 Å². The van der Waals surface area contributed by atoms with E-state index < -0.39 is 0 Å². The SMILES string of the molecule is CCC(=O)CCCOCCNC(C)=O. The summed E-state index contributed by atoms with van der Waals surface area (Å²) in [4.78, 5) is 21.3. The maximum atomic E-state index is 10.9. The fourth-order valence-corrected chi connectivity index (χ4v) is 0.949. The molecule has 0 aromatic rings. The zero-order valence-corrected chi connectivity index (χ0v) is 8.97. The van der Waals surface area contributed by atoms with Crippen LogP contribution in [-0.2, 0) is 14.3 Å². The second-order valence-corrected chi connectivity index (χ2v) is 3.09. The van der Waals surface area contributed by atoms with Crippen molar-refractivity contribution >= 4 is 11.7 Å². The lowest BCUT2D eigenvalue weighted by Gasteiger charge is -2.03. The van der Waals surface area contributed by atoms with Crippen LogP contribution in [0.4, 0.5) is 0 Å². The number of hydrogen-bond donors (Lipinski definition) is 1. The van der Waals surface area contributed by atoms with E-state index in [9.17, 15) is 9.59 Å². The van der Waals surface area contributed by atoms with E-state index in [-0.39, 0.29) is 11.7 Å². The fraction of sp³-hybridized carbons (Fsp3) is 0.800. The Labute approximate surface area is 85.0 Å². The lowest BCUT2D eigenvalue weighted by Crippen LogP contribution is -2.24. The molecule has 4 heteroatoms. The summed E-state index contributed by atoms with van der Waals surface area (Å²) in [5.41, 5.74) is 0. The second-order valence-electron chi connectivity index (χ2n) is 3.09. The van der Waals surface area contributed by atoms with Crippen LogP contribution in [0.25, 0.3) is 0 Å². The van der Waals surface area contributed by atoms with Crippen LogP contribution in [0.2, 0.25) is 0 Å². The van der Waals surface area contributed by atoms with Gasteiger partial charge in [-0.2, -0.15) is 0 Å². The summed E-state index contributed by atoms with van der Waals surface area (Å²) in [6, 6.07) is 0.